The summed E-state index contributed by atoms with van der Waals surface area (Å²) in [6, 6.07) is 18.8. The number of pyridine rings is 2. The van der Waals surface area contributed by atoms with Crippen LogP contribution >= 0.6 is 15.9 Å². The molecule has 7 rings (SSSR count). The lowest BCUT2D eigenvalue weighted by molar-refractivity contribution is -0.596. The Morgan fingerprint density at radius 2 is 1.82 bits per heavy atom. The number of nitrogens with zero attached hydrogens (tertiary/aromatic N) is 3. The van der Waals surface area contributed by atoms with Gasteiger partial charge in [-0.1, -0.05) is 52.3 Å². The van der Waals surface area contributed by atoms with Crippen molar-refractivity contribution < 1.29 is 13.7 Å². The Balaban J connectivity index is 1.62. The summed E-state index contributed by atoms with van der Waals surface area (Å²) in [5.74, 6) is -0.409. The number of hydrogen-bond donors (Lipinski definition) is 1. The summed E-state index contributed by atoms with van der Waals surface area (Å²) < 4.78 is 25.5. The molecule has 0 bridgehead atoms. The lowest BCUT2D eigenvalue weighted by Gasteiger charge is -2.22. The fraction of sp³-hybridized carbons (Fsp3) is 0.167. The number of ether oxygens (including phenoxy) is 1. The second-order valence-electron chi connectivity index (χ2n) is 9.57. The molecule has 0 aliphatic carbocycles. The van der Waals surface area contributed by atoms with Crippen LogP contribution in [-0.2, 0) is 4.74 Å². The van der Waals surface area contributed by atoms with Crippen LogP contribution in [-0.4, -0.2) is 21.4 Å². The summed E-state index contributed by atoms with van der Waals surface area (Å²) in [7, 11) is 0. The Bertz CT molecular complexity index is 1910. The van der Waals surface area contributed by atoms with Gasteiger partial charge in [-0.3, -0.25) is 4.79 Å². The van der Waals surface area contributed by atoms with Crippen LogP contribution in [0.4, 0.5) is 4.39 Å². The van der Waals surface area contributed by atoms with E-state index in [1.807, 2.05) is 67.1 Å². The van der Waals surface area contributed by atoms with Gasteiger partial charge in [-0.15, -0.1) is 0 Å². The first-order valence-electron chi connectivity index (χ1n) is 12.6. The van der Waals surface area contributed by atoms with Crippen LogP contribution < -0.4 is 10.1 Å². The molecule has 0 amide bonds. The minimum Gasteiger partial charge on any atom is -0.357 e. The monoisotopic (exact) mass is 569 g/mol. The molecule has 6 nitrogen and oxygen atoms in total. The summed E-state index contributed by atoms with van der Waals surface area (Å²) in [6.45, 7) is 0.658. The highest BCUT2D eigenvalue weighted by atomic mass is 79.9. The standard InChI is InChI=1S/C30H22BrFN4O2/c31-23-16-21-26(19-11-12-24(32)28-22(19)17-36(34-28)25-10-4-7-15-38-25)29(35-13-5-1-6-14-35)30(37)33-27(21)20-9-3-2-8-18(20)23/h1-3,5-6,8-9,11-14,16-17,25H,4,7,10,15H2/p+1. The van der Waals surface area contributed by atoms with Crippen LogP contribution in [0.2, 0.25) is 0 Å². The van der Waals surface area contributed by atoms with Crippen molar-refractivity contribution in [3.05, 3.63) is 99.9 Å². The third kappa shape index (κ3) is 3.67. The summed E-state index contributed by atoms with van der Waals surface area (Å²) in [6.07, 6.45) is 8.17. The summed E-state index contributed by atoms with van der Waals surface area (Å²) >= 11 is 3.75. The van der Waals surface area contributed by atoms with Gasteiger partial charge in [0.2, 0.25) is 0 Å². The van der Waals surface area contributed by atoms with Crippen molar-refractivity contribution in [1.82, 2.24) is 14.8 Å². The van der Waals surface area contributed by atoms with Crippen molar-refractivity contribution in [3.63, 3.8) is 0 Å². The molecule has 1 aliphatic rings. The molecular formula is C30H23BrFN4O2+. The molecule has 4 heterocycles. The summed E-state index contributed by atoms with van der Waals surface area (Å²) in [5.41, 5.74) is 2.64. The SMILES string of the molecule is O=c1[nH]c2c(cc(Br)c3ccccc32)c(-c2ccc(F)c3nn(C4CCCCO4)cc23)c1-[n+]1ccccc1. The van der Waals surface area contributed by atoms with Crippen molar-refractivity contribution in [2.24, 2.45) is 0 Å². The van der Waals surface area contributed by atoms with Gasteiger partial charge in [0.05, 0.1) is 11.1 Å². The number of nitrogens with one attached hydrogen (secondary N) is 1. The number of aromatic amines is 1. The quantitative estimate of drug-likeness (QED) is 0.193. The van der Waals surface area contributed by atoms with E-state index in [0.29, 0.717) is 23.2 Å². The van der Waals surface area contributed by atoms with Crippen LogP contribution in [0, 0.1) is 5.82 Å². The lowest BCUT2D eigenvalue weighted by atomic mass is 9.94. The third-order valence-electron chi connectivity index (χ3n) is 7.29. The van der Waals surface area contributed by atoms with Gasteiger partial charge in [0.15, 0.2) is 18.2 Å². The van der Waals surface area contributed by atoms with Gasteiger partial charge in [0.25, 0.3) is 5.69 Å². The number of hydrogen-bond acceptors (Lipinski definition) is 3. The van der Waals surface area contributed by atoms with Crippen LogP contribution in [0.25, 0.3) is 49.4 Å². The van der Waals surface area contributed by atoms with Crippen molar-refractivity contribution in [3.8, 4) is 16.8 Å². The smallest absolute Gasteiger partial charge is 0.321 e. The molecule has 1 aliphatic heterocycles. The fourth-order valence-electron chi connectivity index (χ4n) is 5.53. The lowest BCUT2D eigenvalue weighted by Crippen LogP contribution is -2.37. The predicted octanol–water partition coefficient (Wildman–Crippen LogP) is 6.58. The van der Waals surface area contributed by atoms with Gasteiger partial charge < -0.3 is 9.72 Å². The van der Waals surface area contributed by atoms with Crippen LogP contribution in [0.1, 0.15) is 25.5 Å². The molecule has 1 unspecified atom stereocenters. The molecule has 1 N–H and O–H groups in total. The first kappa shape index (κ1) is 23.3. The topological polar surface area (TPSA) is 63.8 Å². The molecule has 1 fully saturated rings. The maximum atomic E-state index is 15.2. The average Bonchev–Trinajstić information content (AvgIpc) is 3.41. The molecule has 8 heteroatoms. The van der Waals surface area contributed by atoms with E-state index in [1.54, 1.807) is 15.3 Å². The van der Waals surface area contributed by atoms with E-state index < -0.39 is 5.82 Å². The average molecular weight is 570 g/mol. The first-order chi connectivity index (χ1) is 18.6. The Kier molecular flexibility index (Phi) is 5.60. The highest BCUT2D eigenvalue weighted by molar-refractivity contribution is 9.10. The van der Waals surface area contributed by atoms with E-state index in [2.05, 4.69) is 26.0 Å². The normalized spacial score (nSPS) is 16.0. The molecule has 0 spiro atoms. The van der Waals surface area contributed by atoms with Gasteiger partial charge in [-0.25, -0.2) is 9.07 Å². The molecule has 3 aromatic heterocycles. The van der Waals surface area contributed by atoms with Crippen LogP contribution in [0.5, 0.6) is 0 Å². The number of H-pyrrole nitrogens is 1. The van der Waals surface area contributed by atoms with Crippen molar-refractivity contribution >= 4 is 48.5 Å². The van der Waals surface area contributed by atoms with E-state index >= 15 is 4.39 Å². The zero-order valence-electron chi connectivity index (χ0n) is 20.3. The largest absolute Gasteiger partial charge is 0.357 e. The van der Waals surface area contributed by atoms with Crippen LogP contribution in [0.3, 0.4) is 0 Å². The minimum absolute atomic E-state index is 0.236. The van der Waals surface area contributed by atoms with Gasteiger partial charge in [-0.2, -0.15) is 9.67 Å². The predicted molar refractivity (Wildman–Crippen MR) is 149 cm³/mol. The van der Waals surface area contributed by atoms with Crippen molar-refractivity contribution in [1.29, 1.82) is 0 Å². The molecule has 188 valence electrons. The van der Waals surface area contributed by atoms with E-state index in [9.17, 15) is 4.79 Å². The maximum Gasteiger partial charge on any atom is 0.321 e. The number of aromatic nitrogens is 4. The molecule has 38 heavy (non-hydrogen) atoms. The third-order valence-corrected chi connectivity index (χ3v) is 7.95. The van der Waals surface area contributed by atoms with Gasteiger partial charge in [-0.05, 0) is 36.8 Å². The number of halogens is 2. The minimum atomic E-state index is -0.409. The van der Waals surface area contributed by atoms with Crippen molar-refractivity contribution in [2.45, 2.75) is 25.5 Å². The summed E-state index contributed by atoms with van der Waals surface area (Å²) in [5, 5.41) is 8.00. The Labute approximate surface area is 225 Å². The molecule has 1 atom stereocenters. The molecular weight excluding hydrogens is 547 g/mol. The van der Waals surface area contributed by atoms with Gasteiger partial charge in [0.1, 0.15) is 11.7 Å². The molecule has 0 saturated carbocycles. The Morgan fingerprint density at radius 1 is 1.00 bits per heavy atom. The van der Waals surface area contributed by atoms with E-state index in [-0.39, 0.29) is 17.3 Å². The second kappa shape index (κ2) is 9.15. The van der Waals surface area contributed by atoms with Crippen LogP contribution in [0.15, 0.2) is 88.5 Å². The number of fused-ring (bicyclic) bond motifs is 4. The molecule has 3 aromatic carbocycles. The van der Waals surface area contributed by atoms with E-state index in [1.165, 1.54) is 6.07 Å². The van der Waals surface area contributed by atoms with E-state index in [0.717, 1.165) is 51.0 Å². The molecule has 6 aromatic rings. The molecule has 0 radical (unpaired) electrons. The Hall–Kier alpha value is -3.88. The first-order valence-corrected chi connectivity index (χ1v) is 13.4. The van der Waals surface area contributed by atoms with Gasteiger partial charge in [0, 0.05) is 51.1 Å². The summed E-state index contributed by atoms with van der Waals surface area (Å²) in [4.78, 5) is 17.0. The Morgan fingerprint density at radius 3 is 2.61 bits per heavy atom. The fourth-order valence-corrected chi connectivity index (χ4v) is 6.11. The second-order valence-corrected chi connectivity index (χ2v) is 10.4. The zero-order valence-corrected chi connectivity index (χ0v) is 21.9. The zero-order chi connectivity index (χ0) is 25.8. The highest BCUT2D eigenvalue weighted by Crippen LogP contribution is 2.40. The number of rotatable bonds is 3. The molecule has 1 saturated heterocycles. The maximum absolute atomic E-state index is 15.2. The highest BCUT2D eigenvalue weighted by Gasteiger charge is 2.27. The van der Waals surface area contributed by atoms with E-state index in [4.69, 9.17) is 4.74 Å². The van der Waals surface area contributed by atoms with Crippen molar-refractivity contribution in [2.75, 3.05) is 6.61 Å². The number of benzene rings is 3. The van der Waals surface area contributed by atoms with Gasteiger partial charge >= 0.3 is 5.56 Å².